The van der Waals surface area contributed by atoms with Gasteiger partial charge < -0.3 is 4.74 Å². The summed E-state index contributed by atoms with van der Waals surface area (Å²) in [6.07, 6.45) is 1.02. The first-order chi connectivity index (χ1) is 18.7. The summed E-state index contributed by atoms with van der Waals surface area (Å²) >= 11 is 0. The monoisotopic (exact) mass is 537 g/mol. The molecule has 3 aromatic heterocycles. The molecular weight excluding hydrogens is 507 g/mol. The number of hydrogen-bond acceptors (Lipinski definition) is 6. The zero-order chi connectivity index (χ0) is 27.6. The minimum absolute atomic E-state index is 0.0197. The predicted octanol–water partition coefficient (Wildman–Crippen LogP) is 5.18. The van der Waals surface area contributed by atoms with E-state index in [1.165, 1.54) is 12.1 Å². The molecule has 0 unspecified atom stereocenters. The van der Waals surface area contributed by atoms with Gasteiger partial charge in [0.05, 0.1) is 35.3 Å². The number of halogens is 3. The Balaban J connectivity index is 1.25. The molecule has 4 aromatic rings. The van der Waals surface area contributed by atoms with Crippen molar-refractivity contribution in [2.24, 2.45) is 5.92 Å². The van der Waals surface area contributed by atoms with Gasteiger partial charge >= 0.3 is 6.18 Å². The van der Waals surface area contributed by atoms with Crippen LogP contribution in [0, 0.1) is 12.8 Å². The number of benzene rings is 1. The lowest BCUT2D eigenvalue weighted by molar-refractivity contribution is -0.138. The number of carbonyl (C=O) groups is 1. The number of carbonyl (C=O) groups excluding carboxylic acids is 1. The zero-order valence-electron chi connectivity index (χ0n) is 21.9. The highest BCUT2D eigenvalue weighted by Crippen LogP contribution is 2.34. The number of aromatic nitrogens is 4. The van der Waals surface area contributed by atoms with E-state index >= 15 is 0 Å². The first-order valence-electron chi connectivity index (χ1n) is 13.0. The van der Waals surface area contributed by atoms with Crippen molar-refractivity contribution in [1.82, 2.24) is 24.6 Å². The second kappa shape index (κ2) is 11.2. The third kappa shape index (κ3) is 6.17. The minimum atomic E-state index is -4.41. The van der Waals surface area contributed by atoms with Crippen molar-refractivity contribution < 1.29 is 22.7 Å². The highest BCUT2D eigenvalue weighted by atomic mass is 19.4. The first-order valence-corrected chi connectivity index (χ1v) is 13.0. The normalized spacial score (nSPS) is 18.2. The maximum Gasteiger partial charge on any atom is 0.416 e. The van der Waals surface area contributed by atoms with E-state index in [9.17, 15) is 18.0 Å². The zero-order valence-corrected chi connectivity index (χ0v) is 21.9. The Bertz CT molecular complexity index is 1470. The van der Waals surface area contributed by atoms with Crippen LogP contribution in [0.25, 0.3) is 16.6 Å². The SMILES string of the molecule is CCO[C@H]1CN(Cc2ccccc2C(F)(F)F)C[C@@H]1CC(=O)Cc1cc2cnn(-c3ccnc(C)c3)c2cn1. The van der Waals surface area contributed by atoms with Gasteiger partial charge in [0.1, 0.15) is 5.78 Å². The number of pyridine rings is 2. The number of likely N-dealkylation sites (tertiary alicyclic amines) is 1. The molecule has 1 aliphatic heterocycles. The summed E-state index contributed by atoms with van der Waals surface area (Å²) in [5.41, 5.74) is 2.85. The van der Waals surface area contributed by atoms with Gasteiger partial charge in [0.15, 0.2) is 0 Å². The van der Waals surface area contributed by atoms with Crippen molar-refractivity contribution in [1.29, 1.82) is 0 Å². The van der Waals surface area contributed by atoms with Crippen molar-refractivity contribution in [3.8, 4) is 5.69 Å². The Morgan fingerprint density at radius 2 is 1.92 bits per heavy atom. The lowest BCUT2D eigenvalue weighted by Gasteiger charge is -2.19. The van der Waals surface area contributed by atoms with Crippen molar-refractivity contribution in [2.45, 2.75) is 45.5 Å². The van der Waals surface area contributed by atoms with Crippen molar-refractivity contribution >= 4 is 16.7 Å². The van der Waals surface area contributed by atoms with Crippen LogP contribution in [-0.2, 0) is 28.7 Å². The molecule has 1 saturated heterocycles. The molecule has 204 valence electrons. The smallest absolute Gasteiger partial charge is 0.377 e. The minimum Gasteiger partial charge on any atom is -0.377 e. The standard InChI is InChI=1S/C29H30F3N5O2/c1-3-39-28-18-36(16-20-6-4-5-7-26(20)29(30,31)32)17-22(28)12-25(38)13-23-11-21-14-35-37(27(21)15-34-23)24-8-9-33-19(2)10-24/h4-11,14-15,22,28H,3,12-13,16-18H2,1-2H3/t22-,28-/m0/s1. The molecule has 7 nitrogen and oxygen atoms in total. The fourth-order valence-electron chi connectivity index (χ4n) is 5.33. The van der Waals surface area contributed by atoms with Gasteiger partial charge in [0, 0.05) is 68.0 Å². The quantitative estimate of drug-likeness (QED) is 0.293. The molecule has 0 N–H and O–H groups in total. The molecule has 0 saturated carbocycles. The Morgan fingerprint density at radius 3 is 2.69 bits per heavy atom. The molecule has 5 rings (SSSR count). The van der Waals surface area contributed by atoms with Crippen LogP contribution in [0.4, 0.5) is 13.2 Å². The summed E-state index contributed by atoms with van der Waals surface area (Å²) in [5.74, 6) is -0.0804. The van der Waals surface area contributed by atoms with Crippen LogP contribution in [0.2, 0.25) is 0 Å². The maximum absolute atomic E-state index is 13.5. The van der Waals surface area contributed by atoms with Gasteiger partial charge in [-0.15, -0.1) is 0 Å². The van der Waals surface area contributed by atoms with Crippen LogP contribution in [0.1, 0.15) is 35.9 Å². The number of aryl methyl sites for hydroxylation is 1. The molecule has 0 bridgehead atoms. The Kier molecular flexibility index (Phi) is 7.76. The summed E-state index contributed by atoms with van der Waals surface area (Å²) < 4.78 is 48.1. The second-order valence-electron chi connectivity index (χ2n) is 9.97. The van der Waals surface area contributed by atoms with E-state index in [1.807, 2.05) is 36.9 Å². The molecular formula is C29H30F3N5O2. The van der Waals surface area contributed by atoms with Crippen molar-refractivity contribution in [2.75, 3.05) is 19.7 Å². The first kappa shape index (κ1) is 27.0. The van der Waals surface area contributed by atoms with E-state index in [0.717, 1.165) is 28.4 Å². The molecule has 1 aromatic carbocycles. The largest absolute Gasteiger partial charge is 0.416 e. The highest BCUT2D eigenvalue weighted by Gasteiger charge is 2.37. The summed E-state index contributed by atoms with van der Waals surface area (Å²) in [6, 6.07) is 11.3. The molecule has 2 atom stereocenters. The van der Waals surface area contributed by atoms with Crippen LogP contribution in [-0.4, -0.2) is 56.2 Å². The number of alkyl halides is 3. The van der Waals surface area contributed by atoms with Crippen LogP contribution in [0.3, 0.4) is 0 Å². The number of ether oxygens (including phenoxy) is 1. The second-order valence-corrected chi connectivity index (χ2v) is 9.97. The van der Waals surface area contributed by atoms with E-state index in [0.29, 0.717) is 25.4 Å². The number of hydrogen-bond donors (Lipinski definition) is 0. The van der Waals surface area contributed by atoms with Gasteiger partial charge in [-0.3, -0.25) is 19.7 Å². The molecule has 10 heteroatoms. The number of rotatable bonds is 9. The van der Waals surface area contributed by atoms with Gasteiger partial charge in [0.25, 0.3) is 0 Å². The van der Waals surface area contributed by atoms with E-state index < -0.39 is 11.7 Å². The lowest BCUT2D eigenvalue weighted by atomic mass is 9.97. The molecule has 39 heavy (non-hydrogen) atoms. The molecule has 0 radical (unpaired) electrons. The van der Waals surface area contributed by atoms with Gasteiger partial charge in [0.2, 0.25) is 0 Å². The van der Waals surface area contributed by atoms with Gasteiger partial charge in [-0.05, 0) is 43.7 Å². The molecule has 1 fully saturated rings. The third-order valence-electron chi connectivity index (χ3n) is 7.06. The number of fused-ring (bicyclic) bond motifs is 1. The van der Waals surface area contributed by atoms with Crippen LogP contribution in [0.5, 0.6) is 0 Å². The van der Waals surface area contributed by atoms with Crippen LogP contribution < -0.4 is 0 Å². The molecule has 0 spiro atoms. The molecule has 0 amide bonds. The maximum atomic E-state index is 13.5. The number of nitrogens with zero attached hydrogens (tertiary/aromatic N) is 5. The number of ketones is 1. The average Bonchev–Trinajstić information content (AvgIpc) is 3.47. The topological polar surface area (TPSA) is 73.1 Å². The Hall–Kier alpha value is -3.63. The van der Waals surface area contributed by atoms with E-state index in [2.05, 4.69) is 15.1 Å². The molecule has 4 heterocycles. The van der Waals surface area contributed by atoms with Gasteiger partial charge in [-0.2, -0.15) is 18.3 Å². The van der Waals surface area contributed by atoms with Crippen LogP contribution in [0.15, 0.2) is 61.1 Å². The predicted molar refractivity (Wildman–Crippen MR) is 140 cm³/mol. The summed E-state index contributed by atoms with van der Waals surface area (Å²) in [4.78, 5) is 23.8. The van der Waals surface area contributed by atoms with Crippen LogP contribution >= 0.6 is 0 Å². The fourth-order valence-corrected chi connectivity index (χ4v) is 5.33. The van der Waals surface area contributed by atoms with Crippen molar-refractivity contribution in [3.63, 3.8) is 0 Å². The third-order valence-corrected chi connectivity index (χ3v) is 7.06. The van der Waals surface area contributed by atoms with E-state index in [4.69, 9.17) is 4.74 Å². The average molecular weight is 538 g/mol. The summed E-state index contributed by atoms with van der Waals surface area (Å²) in [7, 11) is 0. The fraction of sp³-hybridized carbons (Fsp3) is 0.379. The Morgan fingerprint density at radius 1 is 1.10 bits per heavy atom. The Labute approximate surface area is 224 Å². The highest BCUT2D eigenvalue weighted by molar-refractivity contribution is 5.84. The lowest BCUT2D eigenvalue weighted by Crippen LogP contribution is -2.26. The van der Waals surface area contributed by atoms with Gasteiger partial charge in [-0.1, -0.05) is 18.2 Å². The molecule has 0 aliphatic carbocycles. The van der Waals surface area contributed by atoms with Crippen molar-refractivity contribution in [3.05, 3.63) is 83.6 Å². The number of Topliss-reactive ketones (excluding diaryl/α,β-unsaturated/α-hetero) is 1. The summed E-state index contributed by atoms with van der Waals surface area (Å²) in [5, 5.41) is 5.36. The van der Waals surface area contributed by atoms with E-state index in [-0.39, 0.29) is 42.8 Å². The molecule has 1 aliphatic rings. The summed E-state index contributed by atoms with van der Waals surface area (Å²) in [6.45, 7) is 5.40. The van der Waals surface area contributed by atoms with E-state index in [1.54, 1.807) is 29.3 Å². The van der Waals surface area contributed by atoms with Gasteiger partial charge in [-0.25, -0.2) is 4.68 Å².